The summed E-state index contributed by atoms with van der Waals surface area (Å²) in [5, 5.41) is 14.4. The molecule has 1 aliphatic rings. The van der Waals surface area contributed by atoms with Gasteiger partial charge in [0, 0.05) is 10.0 Å². The number of hydrogen-bond acceptors (Lipinski definition) is 3. The van der Waals surface area contributed by atoms with Gasteiger partial charge in [-0.05, 0) is 57.0 Å². The van der Waals surface area contributed by atoms with Crippen LogP contribution in [0.1, 0.15) is 36.6 Å². The second-order valence-corrected chi connectivity index (χ2v) is 7.76. The third kappa shape index (κ3) is 3.37. The van der Waals surface area contributed by atoms with Gasteiger partial charge in [-0.15, -0.1) is 0 Å². The molecule has 0 saturated heterocycles. The third-order valence-electron chi connectivity index (χ3n) is 4.74. The third-order valence-corrected chi connectivity index (χ3v) is 5.60. The summed E-state index contributed by atoms with van der Waals surface area (Å²) in [5.41, 5.74) is 2.82. The van der Waals surface area contributed by atoms with Crippen LogP contribution in [0.4, 0.5) is 0 Å². The van der Waals surface area contributed by atoms with Crippen LogP contribution < -0.4 is 10.1 Å². The maximum atomic E-state index is 10.9. The highest BCUT2D eigenvalue weighted by molar-refractivity contribution is 9.10. The van der Waals surface area contributed by atoms with E-state index < -0.39 is 11.7 Å². The van der Waals surface area contributed by atoms with E-state index in [2.05, 4.69) is 52.4 Å². The zero-order valence-corrected chi connectivity index (χ0v) is 15.9. The molecule has 0 fully saturated rings. The Bertz CT molecular complexity index is 715. The van der Waals surface area contributed by atoms with Crippen LogP contribution in [0.2, 0.25) is 0 Å². The van der Waals surface area contributed by atoms with E-state index in [9.17, 15) is 5.11 Å². The van der Waals surface area contributed by atoms with Crippen molar-refractivity contribution < 1.29 is 9.84 Å². The van der Waals surface area contributed by atoms with Gasteiger partial charge in [-0.25, -0.2) is 0 Å². The molecule has 0 spiro atoms. The highest BCUT2D eigenvalue weighted by Gasteiger charge is 2.43. The van der Waals surface area contributed by atoms with Gasteiger partial charge in [-0.1, -0.05) is 46.3 Å². The molecule has 0 saturated carbocycles. The van der Waals surface area contributed by atoms with Crippen molar-refractivity contribution in [1.82, 2.24) is 5.32 Å². The quantitative estimate of drug-likeness (QED) is 0.824. The van der Waals surface area contributed by atoms with Crippen molar-refractivity contribution in [2.24, 2.45) is 0 Å². The van der Waals surface area contributed by atoms with Crippen LogP contribution in [0.3, 0.4) is 0 Å². The van der Waals surface area contributed by atoms with E-state index in [1.807, 2.05) is 32.0 Å². The van der Waals surface area contributed by atoms with Crippen molar-refractivity contribution >= 4 is 15.9 Å². The van der Waals surface area contributed by atoms with Crippen LogP contribution in [-0.4, -0.2) is 23.4 Å². The molecule has 2 unspecified atom stereocenters. The van der Waals surface area contributed by atoms with Crippen molar-refractivity contribution in [2.45, 2.75) is 44.9 Å². The van der Waals surface area contributed by atoms with Gasteiger partial charge < -0.3 is 15.2 Å². The molecule has 0 bridgehead atoms. The van der Waals surface area contributed by atoms with Gasteiger partial charge in [0.2, 0.25) is 0 Å². The number of ether oxygens (including phenoxy) is 1. The predicted molar refractivity (Wildman–Crippen MR) is 100 cm³/mol. The van der Waals surface area contributed by atoms with Gasteiger partial charge in [0.05, 0.1) is 6.04 Å². The van der Waals surface area contributed by atoms with E-state index in [4.69, 9.17) is 4.74 Å². The molecule has 2 aromatic rings. The molecule has 0 aliphatic carbocycles. The fraction of sp³-hybridized carbons (Fsp3) is 0.400. The smallest absolute Gasteiger partial charge is 0.131 e. The Kier molecular flexibility index (Phi) is 5.00. The first-order valence-corrected chi connectivity index (χ1v) is 9.13. The number of aliphatic hydroxyl groups is 1. The Labute approximate surface area is 152 Å². The highest BCUT2D eigenvalue weighted by Crippen LogP contribution is 2.43. The monoisotopic (exact) mass is 389 g/mol. The Balaban J connectivity index is 1.84. The number of aliphatic hydroxyl groups excluding tert-OH is 1. The summed E-state index contributed by atoms with van der Waals surface area (Å²) < 4.78 is 7.09. The Morgan fingerprint density at radius 2 is 1.88 bits per heavy atom. The first-order valence-electron chi connectivity index (χ1n) is 8.33. The van der Waals surface area contributed by atoms with E-state index in [1.165, 1.54) is 5.56 Å². The minimum absolute atomic E-state index is 0.148. The van der Waals surface area contributed by atoms with E-state index in [0.29, 0.717) is 0 Å². The highest BCUT2D eigenvalue weighted by atomic mass is 79.9. The van der Waals surface area contributed by atoms with Crippen molar-refractivity contribution in [3.05, 3.63) is 63.6 Å². The van der Waals surface area contributed by atoms with Crippen molar-refractivity contribution in [1.29, 1.82) is 0 Å². The molecule has 3 rings (SSSR count). The maximum absolute atomic E-state index is 10.9. The van der Waals surface area contributed by atoms with Crippen molar-refractivity contribution in [3.63, 3.8) is 0 Å². The first-order chi connectivity index (χ1) is 11.4. The fourth-order valence-corrected chi connectivity index (χ4v) is 3.63. The zero-order chi connectivity index (χ0) is 17.3. The molecule has 24 heavy (non-hydrogen) atoms. The van der Waals surface area contributed by atoms with Crippen LogP contribution in [0.25, 0.3) is 0 Å². The van der Waals surface area contributed by atoms with Crippen LogP contribution in [0.15, 0.2) is 46.9 Å². The minimum atomic E-state index is -0.627. The normalized spacial score (nSPS) is 21.9. The SMILES string of the molecule is Cc1c(Br)ccc2c1C(NCCc1ccccc1)C(O)C(C)(C)O2. The summed E-state index contributed by atoms with van der Waals surface area (Å²) in [6.45, 7) is 6.73. The standard InChI is InChI=1S/C20H24BrNO2/c1-13-15(21)9-10-16-17(13)18(19(23)20(2,3)24-16)22-12-11-14-7-5-4-6-8-14/h4-10,18-19,22-23H,11-12H2,1-3H3. The molecule has 2 N–H and O–H groups in total. The van der Waals surface area contributed by atoms with E-state index in [0.717, 1.165) is 34.3 Å². The molecular weight excluding hydrogens is 366 g/mol. The topological polar surface area (TPSA) is 41.5 Å². The largest absolute Gasteiger partial charge is 0.485 e. The molecule has 1 aliphatic heterocycles. The number of rotatable bonds is 4. The molecular formula is C20H24BrNO2. The van der Waals surface area contributed by atoms with E-state index in [-0.39, 0.29) is 6.04 Å². The first kappa shape index (κ1) is 17.5. The molecule has 0 amide bonds. The average molecular weight is 390 g/mol. The zero-order valence-electron chi connectivity index (χ0n) is 14.3. The summed E-state index contributed by atoms with van der Waals surface area (Å²) in [5.74, 6) is 0.850. The summed E-state index contributed by atoms with van der Waals surface area (Å²) in [7, 11) is 0. The average Bonchev–Trinajstić information content (AvgIpc) is 2.56. The Morgan fingerprint density at radius 3 is 2.58 bits per heavy atom. The number of nitrogens with one attached hydrogen (secondary N) is 1. The lowest BCUT2D eigenvalue weighted by atomic mass is 9.84. The van der Waals surface area contributed by atoms with Crippen LogP contribution in [-0.2, 0) is 6.42 Å². The van der Waals surface area contributed by atoms with Gasteiger partial charge in [0.1, 0.15) is 17.5 Å². The van der Waals surface area contributed by atoms with Crippen LogP contribution in [0, 0.1) is 6.92 Å². The van der Waals surface area contributed by atoms with Crippen LogP contribution >= 0.6 is 15.9 Å². The van der Waals surface area contributed by atoms with Crippen molar-refractivity contribution in [3.8, 4) is 5.75 Å². The lowest BCUT2D eigenvalue weighted by molar-refractivity contribution is -0.0646. The molecule has 0 radical (unpaired) electrons. The Morgan fingerprint density at radius 1 is 1.17 bits per heavy atom. The van der Waals surface area contributed by atoms with Gasteiger partial charge in [0.15, 0.2) is 0 Å². The van der Waals surface area contributed by atoms with Gasteiger partial charge in [-0.2, -0.15) is 0 Å². The van der Waals surface area contributed by atoms with Gasteiger partial charge in [0.25, 0.3) is 0 Å². The maximum Gasteiger partial charge on any atom is 0.131 e. The number of benzene rings is 2. The molecule has 1 heterocycles. The molecule has 128 valence electrons. The van der Waals surface area contributed by atoms with Crippen molar-refractivity contribution in [2.75, 3.05) is 6.54 Å². The van der Waals surface area contributed by atoms with Crippen LogP contribution in [0.5, 0.6) is 5.75 Å². The van der Waals surface area contributed by atoms with Gasteiger partial charge in [-0.3, -0.25) is 0 Å². The van der Waals surface area contributed by atoms with E-state index in [1.54, 1.807) is 0 Å². The second-order valence-electron chi connectivity index (χ2n) is 6.90. The Hall–Kier alpha value is -1.36. The molecule has 3 nitrogen and oxygen atoms in total. The lowest BCUT2D eigenvalue weighted by Gasteiger charge is -2.43. The summed E-state index contributed by atoms with van der Waals surface area (Å²) in [6.07, 6.45) is 0.307. The molecule has 2 aromatic carbocycles. The fourth-order valence-electron chi connectivity index (χ4n) is 3.29. The lowest BCUT2D eigenvalue weighted by Crippen LogP contribution is -2.53. The van der Waals surface area contributed by atoms with Gasteiger partial charge >= 0.3 is 0 Å². The second kappa shape index (κ2) is 6.87. The summed E-state index contributed by atoms with van der Waals surface area (Å²) >= 11 is 3.59. The molecule has 4 heteroatoms. The minimum Gasteiger partial charge on any atom is -0.485 e. The number of hydrogen-bond donors (Lipinski definition) is 2. The predicted octanol–water partition coefficient (Wildman–Crippen LogP) is 4.16. The number of fused-ring (bicyclic) bond motifs is 1. The molecule has 2 atom stereocenters. The summed E-state index contributed by atoms with van der Waals surface area (Å²) in [4.78, 5) is 0. The summed E-state index contributed by atoms with van der Waals surface area (Å²) in [6, 6.07) is 14.2. The molecule has 0 aromatic heterocycles. The number of halogens is 1. The van der Waals surface area contributed by atoms with E-state index >= 15 is 0 Å².